The molecule has 768 valence electrons. The molecule has 4 saturated heterocycles. The Kier molecular flexibility index (Phi) is 43.9. The number of aromatic nitrogens is 8. The van der Waals surface area contributed by atoms with E-state index >= 15 is 0 Å². The van der Waals surface area contributed by atoms with Gasteiger partial charge in [-0.15, -0.1) is 10.2 Å². The van der Waals surface area contributed by atoms with Crippen molar-refractivity contribution >= 4 is 58.5 Å². The molecule has 6 fully saturated rings. The van der Waals surface area contributed by atoms with Gasteiger partial charge in [0, 0.05) is 126 Å². The van der Waals surface area contributed by atoms with E-state index < -0.39 is 143 Å². The molecule has 2 aromatic heterocycles. The number of hydrogen-bond donors (Lipinski definition) is 8. The number of aliphatic hydroxyl groups excluding tert-OH is 6. The fourth-order valence-electron chi connectivity index (χ4n) is 21.8. The Morgan fingerprint density at radius 1 is 0.457 bits per heavy atom. The van der Waals surface area contributed by atoms with E-state index in [1.54, 1.807) is 89.6 Å². The third-order valence-corrected chi connectivity index (χ3v) is 30.9. The molecule has 2 saturated carbocycles. The van der Waals surface area contributed by atoms with Crippen LogP contribution in [0, 0.1) is 94.7 Å². The Morgan fingerprint density at radius 3 is 1.17 bits per heavy atom. The number of ketones is 6. The van der Waals surface area contributed by atoms with Gasteiger partial charge in [-0.3, -0.25) is 38.4 Å². The normalized spacial score (nSPS) is 38.8. The van der Waals surface area contributed by atoms with Crippen LogP contribution in [0.5, 0.6) is 0 Å². The molecule has 2 aromatic rings. The topological polar surface area (TPSA) is 482 Å². The number of esters is 2. The number of amides is 2. The zero-order valence-corrected chi connectivity index (χ0v) is 84.0. The van der Waals surface area contributed by atoms with Crippen molar-refractivity contribution in [2.24, 2.45) is 94.7 Å². The number of carbonyl (C=O) groups excluding carboxylic acids is 10. The van der Waals surface area contributed by atoms with Crippen molar-refractivity contribution in [2.75, 3.05) is 53.7 Å². The summed E-state index contributed by atoms with van der Waals surface area (Å²) in [5.41, 5.74) is 2.44. The van der Waals surface area contributed by atoms with Gasteiger partial charge in [0.15, 0.2) is 11.6 Å². The van der Waals surface area contributed by atoms with Crippen LogP contribution in [0.2, 0.25) is 0 Å². The molecule has 8 N–H and O–H groups in total. The van der Waals surface area contributed by atoms with Gasteiger partial charge < -0.3 is 79.1 Å². The molecular formula is C104H158N10O24. The van der Waals surface area contributed by atoms with Crippen molar-refractivity contribution in [3.05, 3.63) is 108 Å². The summed E-state index contributed by atoms with van der Waals surface area (Å²) in [4.78, 5) is 144. The van der Waals surface area contributed by atoms with E-state index in [1.165, 1.54) is 24.0 Å². The van der Waals surface area contributed by atoms with E-state index in [2.05, 4.69) is 31.1 Å². The van der Waals surface area contributed by atoms with E-state index in [0.29, 0.717) is 114 Å². The maximum Gasteiger partial charge on any atom is 0.329 e. The Hall–Kier alpha value is -8.52. The van der Waals surface area contributed by atoms with Gasteiger partial charge in [-0.25, -0.2) is 19.0 Å². The lowest BCUT2D eigenvalue weighted by Gasteiger charge is -2.43. The molecule has 4 bridgehead atoms. The number of hydrogen-bond acceptors (Lipinski definition) is 30. The molecule has 34 nitrogen and oxygen atoms in total. The summed E-state index contributed by atoms with van der Waals surface area (Å²) in [6, 6.07) is -2.51. The van der Waals surface area contributed by atoms with Gasteiger partial charge in [0.1, 0.15) is 72.9 Å². The maximum atomic E-state index is 14.5. The summed E-state index contributed by atoms with van der Waals surface area (Å²) in [7, 11) is 2.74. The van der Waals surface area contributed by atoms with Gasteiger partial charge in [0.2, 0.25) is 11.6 Å². The highest BCUT2D eigenvalue weighted by molar-refractivity contribution is 6.39. The lowest BCUT2D eigenvalue weighted by Crippen LogP contribution is -2.60. The Balaban J connectivity index is 0.000000309. The number of aliphatic hydroxyl groups is 8. The molecular weight excluding hydrogens is 1770 g/mol. The fraction of sp³-hybridized carbons (Fsp3) is 0.731. The zero-order chi connectivity index (χ0) is 101. The Labute approximate surface area is 813 Å². The highest BCUT2D eigenvalue weighted by Gasteiger charge is 2.56. The number of nitrogens with zero attached hydrogens (tertiary/aromatic N) is 10. The Bertz CT molecular complexity index is 4320. The van der Waals surface area contributed by atoms with Crippen molar-refractivity contribution in [3.63, 3.8) is 0 Å². The number of methoxy groups -OCH3 is 2. The van der Waals surface area contributed by atoms with E-state index in [4.69, 9.17) is 28.4 Å². The molecule has 6 aliphatic heterocycles. The summed E-state index contributed by atoms with van der Waals surface area (Å²) in [5, 5.41) is 112. The average Bonchev–Trinajstić information content (AvgIpc) is 0.849. The van der Waals surface area contributed by atoms with E-state index in [0.717, 1.165) is 24.0 Å². The molecule has 0 spiro atoms. The van der Waals surface area contributed by atoms with Crippen molar-refractivity contribution in [1.29, 1.82) is 0 Å². The first-order valence-electron chi connectivity index (χ1n) is 50.4. The number of allylic oxidation sites excluding steroid dienone is 12. The first kappa shape index (κ1) is 113. The highest BCUT2D eigenvalue weighted by atomic mass is 16.6. The molecule has 2 unspecified atom stereocenters. The predicted molar refractivity (Wildman–Crippen MR) is 511 cm³/mol. The largest absolute Gasteiger partial charge is 0.460 e. The summed E-state index contributed by atoms with van der Waals surface area (Å²) in [6.07, 6.45) is 27.7. The smallest absolute Gasteiger partial charge is 0.329 e. The number of Topliss-reactive ketones (excluding diaryl/α,β-unsaturated/α-hetero) is 6. The molecule has 2 aliphatic carbocycles. The SMILES string of the molecule is CO[C@H]1C(=O)[C@H](C)C[C@H](C)/C=C/C=C/C=C(\C)[C@@H](CO)C[C@@H]2CC[C@@H](C)[C@@](O)(O2)C(=O)C(=O)N2CCCC[C@H]2C(=O)O[C@H]([C@H](C)CC2CC[C@H](n3cnnn3)[C@H](CO)C2)CC(=O)[C@H](C)/C=C(\C)[C@H]1O.CO[C@H]1C(=O)[C@H](C)C[C@H](C)/C=C/C=C/C=C(\C)[C@@H](CO)C[C@@H]2CC[C@@H](C)[C@@](O)(O2)C(=O)C(=O)N2CCCC[C@H]2C(=O)O[C@H]([C@H](C)CC2CC[C@H](n3cnnn3)[C@H](CO)C2)CC(=O)[C@H](C)/C=C(\C)[C@H]1O. The zero-order valence-electron chi connectivity index (χ0n) is 84.0. The average molecular weight is 1930 g/mol. The maximum absolute atomic E-state index is 14.5. The van der Waals surface area contributed by atoms with Crippen LogP contribution >= 0.6 is 0 Å². The minimum Gasteiger partial charge on any atom is -0.460 e. The van der Waals surface area contributed by atoms with Gasteiger partial charge in [-0.1, -0.05) is 153 Å². The molecule has 0 radical (unpaired) electrons. The standard InChI is InChI=1S/2C52H79N5O12/c2*1-31-14-10-9-11-15-32(2)39(28-58)26-41-19-17-37(7)52(66,69-41)49(63)50(64)56-21-13-12-16-43(56)51(65)68-45(34(4)24-38-18-20-42(40(25-38)29-59)57-30-53-54-55-57)27-44(60)33(3)23-36(6)47(62)48(67-8)46(61)35(5)22-31/h2*9-11,14-15,23,30-31,33-35,37-43,45,47-48,58-59,62,66H,12-13,16-22,24-29H2,1-8H3/b2*11-9+,14-10+,32-15+,36-23+/t2*31-,33-,34-,35-,37-,38?,39-,40+,41+,42+,43+,45+,47-,48+,52-/m11/s1. The van der Waals surface area contributed by atoms with Gasteiger partial charge >= 0.3 is 11.9 Å². The highest BCUT2D eigenvalue weighted by Crippen LogP contribution is 2.45. The number of carbonyl (C=O) groups is 10. The van der Waals surface area contributed by atoms with Crippen LogP contribution in [0.25, 0.3) is 0 Å². The van der Waals surface area contributed by atoms with Crippen LogP contribution in [0.3, 0.4) is 0 Å². The van der Waals surface area contributed by atoms with Crippen LogP contribution in [0.4, 0.5) is 0 Å². The predicted octanol–water partition coefficient (Wildman–Crippen LogP) is 10.5. The minimum atomic E-state index is -2.47. The van der Waals surface area contributed by atoms with Crippen LogP contribution < -0.4 is 0 Å². The third kappa shape index (κ3) is 29.8. The third-order valence-electron chi connectivity index (χ3n) is 30.9. The van der Waals surface area contributed by atoms with Crippen molar-refractivity contribution in [2.45, 2.75) is 336 Å². The summed E-state index contributed by atoms with van der Waals surface area (Å²) < 4.78 is 39.4. The molecule has 34 heteroatoms. The number of cyclic esters (lactones) is 2. The van der Waals surface area contributed by atoms with E-state index in [-0.39, 0.29) is 172 Å². The number of rotatable bonds is 14. The minimum absolute atomic E-state index is 0.00322. The van der Waals surface area contributed by atoms with Crippen molar-refractivity contribution in [3.8, 4) is 0 Å². The lowest BCUT2D eigenvalue weighted by molar-refractivity contribution is -0.265. The summed E-state index contributed by atoms with van der Waals surface area (Å²) in [5.74, 6) is -17.5. The van der Waals surface area contributed by atoms with Crippen LogP contribution in [-0.2, 0) is 76.4 Å². The van der Waals surface area contributed by atoms with Crippen LogP contribution in [-0.4, -0.2) is 276 Å². The van der Waals surface area contributed by atoms with Crippen molar-refractivity contribution in [1.82, 2.24) is 50.2 Å². The summed E-state index contributed by atoms with van der Waals surface area (Å²) >= 11 is 0. The van der Waals surface area contributed by atoms with Gasteiger partial charge in [0.25, 0.3) is 23.4 Å². The molecule has 10 rings (SSSR count). The quantitative estimate of drug-likeness (QED) is 0.0495. The van der Waals surface area contributed by atoms with Crippen LogP contribution in [0.1, 0.15) is 263 Å². The molecule has 8 heterocycles. The molecule has 138 heavy (non-hydrogen) atoms. The summed E-state index contributed by atoms with van der Waals surface area (Å²) in [6.45, 7) is 24.7. The second-order valence-electron chi connectivity index (χ2n) is 41.4. The fourth-order valence-corrected chi connectivity index (χ4v) is 21.8. The first-order valence-corrected chi connectivity index (χ1v) is 50.4. The van der Waals surface area contributed by atoms with Gasteiger partial charge in [-0.2, -0.15) is 0 Å². The van der Waals surface area contributed by atoms with E-state index in [9.17, 15) is 88.8 Å². The second-order valence-corrected chi connectivity index (χ2v) is 41.4. The Morgan fingerprint density at radius 2 is 0.833 bits per heavy atom. The molecule has 8 aliphatic rings. The number of fused-ring (bicyclic) bond motifs is 6. The van der Waals surface area contributed by atoms with Gasteiger partial charge in [-0.05, 0) is 236 Å². The monoisotopic (exact) mass is 1930 g/mol. The lowest BCUT2D eigenvalue weighted by atomic mass is 9.74. The van der Waals surface area contributed by atoms with Crippen molar-refractivity contribution < 1.29 is 117 Å². The van der Waals surface area contributed by atoms with E-state index in [1.807, 2.05) is 102 Å². The molecule has 0 aromatic carbocycles. The molecule has 30 atom stereocenters. The van der Waals surface area contributed by atoms with Gasteiger partial charge in [0.05, 0.1) is 24.3 Å². The number of piperidine rings is 2. The number of tetrazole rings is 2. The number of ether oxygens (including phenoxy) is 6. The van der Waals surface area contributed by atoms with Crippen LogP contribution in [0.15, 0.2) is 108 Å². The second kappa shape index (κ2) is 53.5. The first-order chi connectivity index (χ1) is 65.6. The molecule has 2 amide bonds.